The number of ether oxygens (including phenoxy) is 1. The zero-order valence-corrected chi connectivity index (χ0v) is 34.4. The van der Waals surface area contributed by atoms with Gasteiger partial charge in [0.15, 0.2) is 0 Å². The molecule has 2 saturated carbocycles. The molecule has 0 radical (unpaired) electrons. The second kappa shape index (κ2) is 15.3. The van der Waals surface area contributed by atoms with E-state index < -0.39 is 23.8 Å². The van der Waals surface area contributed by atoms with Gasteiger partial charge in [-0.25, -0.2) is 4.85 Å². The Kier molecular flexibility index (Phi) is 9.95. The van der Waals surface area contributed by atoms with Gasteiger partial charge < -0.3 is 14.5 Å². The zero-order valence-electron chi connectivity index (χ0n) is 33.6. The smallest absolute Gasteiger partial charge is 0.262 e. The molecule has 3 unspecified atom stereocenters. The number of piperidine rings is 2. The standard InChI is InChI=1S/C47H49ClN6O6/c1-49-39-12-11-34(25-38(39)48)60-35-23-31-9-10-32(24-35)53(31)44(57)29-5-7-30(8-6-29)51-19-21-52(22-20-51)33-26-47(27-33)17-15-28(16-18-47)36-3-2-4-37-42(36)46(59)54(45(37)58)40-13-14-41(55)50-43(40)56/h2-8,11-12,25,28,31-33,35,40H,9-10,13-24,26-27H2,(H,50,55,56). The summed E-state index contributed by atoms with van der Waals surface area (Å²) in [7, 11) is 0. The van der Waals surface area contributed by atoms with Gasteiger partial charge in [-0.05, 0) is 117 Å². The van der Waals surface area contributed by atoms with Crippen molar-refractivity contribution in [1.29, 1.82) is 0 Å². The Labute approximate surface area is 355 Å². The zero-order chi connectivity index (χ0) is 41.3. The first-order chi connectivity index (χ1) is 29.1. The fourth-order valence-electron chi connectivity index (χ4n) is 11.7. The molecule has 5 amide bonds. The van der Waals surface area contributed by atoms with Crippen LogP contribution in [0.4, 0.5) is 11.4 Å². The number of halogens is 1. The van der Waals surface area contributed by atoms with Gasteiger partial charge in [0.25, 0.3) is 17.7 Å². The van der Waals surface area contributed by atoms with Gasteiger partial charge in [-0.15, -0.1) is 0 Å². The third-order valence-electron chi connectivity index (χ3n) is 14.9. The van der Waals surface area contributed by atoms with Gasteiger partial charge in [-0.2, -0.15) is 0 Å². The second-order valence-electron chi connectivity index (χ2n) is 18.2. The maximum absolute atomic E-state index is 13.8. The quantitative estimate of drug-likeness (QED) is 0.197. The van der Waals surface area contributed by atoms with Crippen molar-refractivity contribution < 1.29 is 28.7 Å². The van der Waals surface area contributed by atoms with Gasteiger partial charge in [-0.1, -0.05) is 29.8 Å². The Hall–Kier alpha value is -5.25. The maximum Gasteiger partial charge on any atom is 0.262 e. The lowest BCUT2D eigenvalue weighted by Crippen LogP contribution is -2.57. The molecule has 3 aromatic rings. The highest BCUT2D eigenvalue weighted by Gasteiger charge is 2.51. The van der Waals surface area contributed by atoms with Crippen molar-refractivity contribution in [3.8, 4) is 5.75 Å². The number of imide groups is 2. The van der Waals surface area contributed by atoms with E-state index in [1.165, 1.54) is 12.8 Å². The number of nitrogens with one attached hydrogen (secondary N) is 1. The lowest BCUT2D eigenvalue weighted by molar-refractivity contribution is -0.136. The molecular weight excluding hydrogens is 780 g/mol. The molecule has 4 saturated heterocycles. The lowest BCUT2D eigenvalue weighted by atomic mass is 9.56. The largest absolute Gasteiger partial charge is 0.490 e. The first-order valence-electron chi connectivity index (χ1n) is 21.7. The van der Waals surface area contributed by atoms with Gasteiger partial charge in [-0.3, -0.25) is 39.1 Å². The normalized spacial score (nSPS) is 30.2. The molecule has 1 spiro atoms. The van der Waals surface area contributed by atoms with E-state index in [-0.39, 0.29) is 48.8 Å². The van der Waals surface area contributed by atoms with Crippen molar-refractivity contribution >= 4 is 52.5 Å². The predicted octanol–water partition coefficient (Wildman–Crippen LogP) is 7.14. The number of nitrogens with zero attached hydrogens (tertiary/aromatic N) is 5. The molecule has 10 rings (SSSR count). The average molecular weight is 829 g/mol. The Balaban J connectivity index is 0.694. The fraction of sp³-hybridized carbons (Fsp3) is 0.489. The van der Waals surface area contributed by atoms with Gasteiger partial charge in [0.2, 0.25) is 17.5 Å². The summed E-state index contributed by atoms with van der Waals surface area (Å²) >= 11 is 6.24. The van der Waals surface area contributed by atoms with E-state index in [1.54, 1.807) is 24.3 Å². The number of carbonyl (C=O) groups is 5. The Morgan fingerprint density at radius 2 is 1.55 bits per heavy atom. The number of benzene rings is 3. The highest BCUT2D eigenvalue weighted by atomic mass is 35.5. The molecule has 5 heterocycles. The third kappa shape index (κ3) is 6.84. The summed E-state index contributed by atoms with van der Waals surface area (Å²) in [5.74, 6) is -0.850. The molecule has 13 heteroatoms. The molecule has 3 atom stereocenters. The van der Waals surface area contributed by atoms with Crippen molar-refractivity contribution in [1.82, 2.24) is 20.0 Å². The number of hydrogen-bond donors (Lipinski definition) is 1. The van der Waals surface area contributed by atoms with Crippen molar-refractivity contribution in [2.75, 3.05) is 31.1 Å². The van der Waals surface area contributed by atoms with E-state index in [0.29, 0.717) is 39.0 Å². The maximum atomic E-state index is 13.8. The molecule has 1 N–H and O–H groups in total. The van der Waals surface area contributed by atoms with Crippen LogP contribution < -0.4 is 15.0 Å². The summed E-state index contributed by atoms with van der Waals surface area (Å²) in [6.07, 6.45) is 10.3. The van der Waals surface area contributed by atoms with Crippen LogP contribution in [-0.4, -0.2) is 101 Å². The number of fused-ring (bicyclic) bond motifs is 3. The number of rotatable bonds is 7. The molecule has 310 valence electrons. The molecule has 12 nitrogen and oxygen atoms in total. The predicted molar refractivity (Wildman–Crippen MR) is 224 cm³/mol. The summed E-state index contributed by atoms with van der Waals surface area (Å²) in [5, 5.41) is 2.68. The minimum atomic E-state index is -0.954. The lowest BCUT2D eigenvalue weighted by Gasteiger charge is -2.56. The van der Waals surface area contributed by atoms with Crippen LogP contribution in [0.2, 0.25) is 5.02 Å². The molecule has 2 bridgehead atoms. The third-order valence-corrected chi connectivity index (χ3v) is 15.2. The average Bonchev–Trinajstić information content (AvgIpc) is 3.67. The number of anilines is 1. The van der Waals surface area contributed by atoms with Gasteiger partial charge in [0.1, 0.15) is 17.9 Å². The van der Waals surface area contributed by atoms with E-state index in [0.717, 1.165) is 99.3 Å². The van der Waals surface area contributed by atoms with Crippen LogP contribution in [0, 0.1) is 12.0 Å². The molecule has 6 fully saturated rings. The minimum Gasteiger partial charge on any atom is -0.490 e. The van der Waals surface area contributed by atoms with Crippen LogP contribution in [0.1, 0.15) is 120 Å². The van der Waals surface area contributed by atoms with Crippen LogP contribution in [0.15, 0.2) is 60.7 Å². The summed E-state index contributed by atoms with van der Waals surface area (Å²) in [6, 6.07) is 18.8. The molecule has 5 aliphatic heterocycles. The highest BCUT2D eigenvalue weighted by molar-refractivity contribution is 6.33. The fourth-order valence-corrected chi connectivity index (χ4v) is 11.9. The van der Waals surface area contributed by atoms with Gasteiger partial charge >= 0.3 is 0 Å². The van der Waals surface area contributed by atoms with Gasteiger partial charge in [0.05, 0.1) is 22.7 Å². The van der Waals surface area contributed by atoms with E-state index >= 15 is 0 Å². The van der Waals surface area contributed by atoms with Gasteiger partial charge in [0, 0.05) is 74.8 Å². The van der Waals surface area contributed by atoms with Crippen molar-refractivity contribution in [2.45, 2.75) is 113 Å². The van der Waals surface area contributed by atoms with Crippen LogP contribution in [0.3, 0.4) is 0 Å². The van der Waals surface area contributed by atoms with E-state index in [2.05, 4.69) is 37.0 Å². The Morgan fingerprint density at radius 3 is 2.22 bits per heavy atom. The molecule has 7 aliphatic rings. The number of carbonyl (C=O) groups excluding carboxylic acids is 5. The van der Waals surface area contributed by atoms with E-state index in [9.17, 15) is 24.0 Å². The van der Waals surface area contributed by atoms with Crippen molar-refractivity contribution in [3.05, 3.63) is 99.4 Å². The van der Waals surface area contributed by atoms with Crippen molar-refractivity contribution in [2.24, 2.45) is 5.41 Å². The second-order valence-corrected chi connectivity index (χ2v) is 18.6. The minimum absolute atomic E-state index is 0.00816. The number of piperazine rings is 1. The van der Waals surface area contributed by atoms with E-state index in [1.807, 2.05) is 24.3 Å². The number of amides is 5. The van der Waals surface area contributed by atoms with Crippen LogP contribution in [0.25, 0.3) is 4.85 Å². The number of hydrogen-bond acceptors (Lipinski definition) is 8. The molecular formula is C47H49ClN6O6. The topological polar surface area (TPSA) is 124 Å². The van der Waals surface area contributed by atoms with Crippen LogP contribution in [-0.2, 0) is 9.59 Å². The van der Waals surface area contributed by atoms with Crippen LogP contribution in [0.5, 0.6) is 5.75 Å². The highest BCUT2D eigenvalue weighted by Crippen LogP contribution is 2.56. The first kappa shape index (κ1) is 38.9. The van der Waals surface area contributed by atoms with Crippen molar-refractivity contribution in [3.63, 3.8) is 0 Å². The Bertz CT molecular complexity index is 2290. The monoisotopic (exact) mass is 828 g/mol. The molecule has 2 aliphatic carbocycles. The van der Waals surface area contributed by atoms with Crippen LogP contribution >= 0.6 is 11.6 Å². The Morgan fingerprint density at radius 1 is 0.833 bits per heavy atom. The SMILES string of the molecule is [C-]#[N+]c1ccc(OC2CC3CCC(C2)N3C(=O)c2ccc(N3CCN(C4CC5(CCC(c6cccc7c6C(=O)N(C6CCC(=O)NC6=O)C7=O)CC5)C4)CC3)cc2)cc1Cl. The first-order valence-corrected chi connectivity index (χ1v) is 22.1. The van der Waals surface area contributed by atoms with E-state index in [4.69, 9.17) is 22.9 Å². The summed E-state index contributed by atoms with van der Waals surface area (Å²) < 4.78 is 6.29. The molecule has 3 aromatic carbocycles. The summed E-state index contributed by atoms with van der Waals surface area (Å²) in [5.41, 5.74) is 4.37. The summed E-state index contributed by atoms with van der Waals surface area (Å²) in [6.45, 7) is 11.1. The molecule has 60 heavy (non-hydrogen) atoms. The summed E-state index contributed by atoms with van der Waals surface area (Å²) in [4.78, 5) is 77.0. The molecule has 0 aromatic heterocycles.